The predicted molar refractivity (Wildman–Crippen MR) is 74.4 cm³/mol. The fraction of sp³-hybridized carbons (Fsp3) is 0.200. The monoisotopic (exact) mass is 289 g/mol. The van der Waals surface area contributed by atoms with E-state index in [1.165, 1.54) is 13.4 Å². The minimum absolute atomic E-state index is 0.187. The molecule has 1 heterocycles. The van der Waals surface area contributed by atoms with Gasteiger partial charge in [0.15, 0.2) is 12.9 Å². The lowest BCUT2D eigenvalue weighted by atomic mass is 10.2. The van der Waals surface area contributed by atoms with Gasteiger partial charge in [-0.25, -0.2) is 0 Å². The summed E-state index contributed by atoms with van der Waals surface area (Å²) in [7, 11) is 1.51. The normalized spacial score (nSPS) is 9.95. The molecule has 0 aliphatic heterocycles. The number of carbonyl (C=O) groups excluding carboxylic acids is 2. The maximum absolute atomic E-state index is 11.6. The van der Waals surface area contributed by atoms with Crippen LogP contribution in [0.5, 0.6) is 11.5 Å². The van der Waals surface area contributed by atoms with Crippen molar-refractivity contribution in [1.82, 2.24) is 5.32 Å². The Balaban J connectivity index is 1.87. The molecule has 0 bridgehead atoms. The van der Waals surface area contributed by atoms with Crippen molar-refractivity contribution in [2.75, 3.05) is 13.7 Å². The zero-order valence-corrected chi connectivity index (χ0v) is 11.5. The van der Waals surface area contributed by atoms with E-state index in [0.717, 1.165) is 0 Å². The minimum atomic E-state index is -0.306. The highest BCUT2D eigenvalue weighted by Crippen LogP contribution is 2.22. The molecule has 1 amide bonds. The molecule has 110 valence electrons. The molecule has 0 atom stereocenters. The van der Waals surface area contributed by atoms with Crippen LogP contribution in [0.25, 0.3) is 0 Å². The molecule has 0 radical (unpaired) electrons. The van der Waals surface area contributed by atoms with Gasteiger partial charge in [0.1, 0.15) is 17.3 Å². The number of amides is 1. The quantitative estimate of drug-likeness (QED) is 0.786. The zero-order valence-electron chi connectivity index (χ0n) is 11.5. The van der Waals surface area contributed by atoms with Crippen molar-refractivity contribution in [3.63, 3.8) is 0 Å². The molecule has 0 spiro atoms. The molecule has 21 heavy (non-hydrogen) atoms. The number of methoxy groups -OCH3 is 1. The highest BCUT2D eigenvalue weighted by molar-refractivity contribution is 5.81. The molecule has 2 rings (SSSR count). The fourth-order valence-corrected chi connectivity index (χ4v) is 1.67. The third-order valence-corrected chi connectivity index (χ3v) is 2.74. The number of rotatable bonds is 7. The summed E-state index contributed by atoms with van der Waals surface area (Å²) in [6.07, 6.45) is 2.18. The van der Waals surface area contributed by atoms with Crippen LogP contribution in [0.3, 0.4) is 0 Å². The first-order chi connectivity index (χ1) is 10.2. The first kappa shape index (κ1) is 14.6. The summed E-state index contributed by atoms with van der Waals surface area (Å²) in [5, 5.41) is 2.64. The first-order valence-corrected chi connectivity index (χ1v) is 6.28. The number of aldehydes is 1. The number of carbonyl (C=O) groups is 2. The Morgan fingerprint density at radius 2 is 2.24 bits per heavy atom. The van der Waals surface area contributed by atoms with E-state index in [9.17, 15) is 9.59 Å². The van der Waals surface area contributed by atoms with E-state index in [2.05, 4.69) is 5.32 Å². The second kappa shape index (κ2) is 7.14. The standard InChI is InChI=1S/C15H15NO5/c1-19-12-4-5-14(11(7-12)9-17)21-10-15(18)16-8-13-3-2-6-20-13/h2-7,9H,8,10H2,1H3,(H,16,18). The van der Waals surface area contributed by atoms with Crippen LogP contribution >= 0.6 is 0 Å². The molecule has 0 saturated carbocycles. The fourth-order valence-electron chi connectivity index (χ4n) is 1.67. The van der Waals surface area contributed by atoms with Crippen LogP contribution in [0.15, 0.2) is 41.0 Å². The average molecular weight is 289 g/mol. The lowest BCUT2D eigenvalue weighted by molar-refractivity contribution is -0.123. The van der Waals surface area contributed by atoms with E-state index in [-0.39, 0.29) is 12.5 Å². The van der Waals surface area contributed by atoms with E-state index >= 15 is 0 Å². The molecule has 1 aromatic heterocycles. The first-order valence-electron chi connectivity index (χ1n) is 6.28. The number of ether oxygens (including phenoxy) is 2. The maximum Gasteiger partial charge on any atom is 0.258 e. The summed E-state index contributed by atoms with van der Waals surface area (Å²) in [5.41, 5.74) is 0.327. The van der Waals surface area contributed by atoms with E-state index in [1.807, 2.05) is 0 Å². The van der Waals surface area contributed by atoms with E-state index < -0.39 is 0 Å². The molecule has 1 aromatic carbocycles. The van der Waals surface area contributed by atoms with Gasteiger partial charge in [-0.2, -0.15) is 0 Å². The van der Waals surface area contributed by atoms with E-state index in [0.29, 0.717) is 35.7 Å². The molecular weight excluding hydrogens is 274 g/mol. The van der Waals surface area contributed by atoms with Gasteiger partial charge in [0.05, 0.1) is 25.5 Å². The molecule has 0 fully saturated rings. The van der Waals surface area contributed by atoms with Crippen LogP contribution in [-0.4, -0.2) is 25.9 Å². The Hall–Kier alpha value is -2.76. The van der Waals surface area contributed by atoms with Crippen LogP contribution in [0.2, 0.25) is 0 Å². The molecule has 2 aromatic rings. The third-order valence-electron chi connectivity index (χ3n) is 2.74. The summed E-state index contributed by atoms with van der Waals surface area (Å²) in [4.78, 5) is 22.6. The molecule has 1 N–H and O–H groups in total. The number of hydrogen-bond donors (Lipinski definition) is 1. The van der Waals surface area contributed by atoms with Gasteiger partial charge >= 0.3 is 0 Å². The van der Waals surface area contributed by atoms with Crippen molar-refractivity contribution < 1.29 is 23.5 Å². The van der Waals surface area contributed by atoms with Gasteiger partial charge < -0.3 is 19.2 Å². The van der Waals surface area contributed by atoms with E-state index in [4.69, 9.17) is 13.9 Å². The summed E-state index contributed by atoms with van der Waals surface area (Å²) in [5.74, 6) is 1.23. The Morgan fingerprint density at radius 3 is 2.90 bits per heavy atom. The van der Waals surface area contributed by atoms with Gasteiger partial charge in [0, 0.05) is 0 Å². The van der Waals surface area contributed by atoms with Crippen LogP contribution in [0.4, 0.5) is 0 Å². The van der Waals surface area contributed by atoms with Crippen LogP contribution in [0.1, 0.15) is 16.1 Å². The zero-order chi connectivity index (χ0) is 15.1. The van der Waals surface area contributed by atoms with Gasteiger partial charge in [0.2, 0.25) is 0 Å². The van der Waals surface area contributed by atoms with Crippen molar-refractivity contribution in [3.05, 3.63) is 47.9 Å². The molecule has 0 unspecified atom stereocenters. The lowest BCUT2D eigenvalue weighted by Gasteiger charge is -2.09. The molecular formula is C15H15NO5. The Morgan fingerprint density at radius 1 is 1.38 bits per heavy atom. The van der Waals surface area contributed by atoms with Gasteiger partial charge in [-0.15, -0.1) is 0 Å². The number of furan rings is 1. The molecule has 6 heteroatoms. The molecule has 0 aliphatic carbocycles. The number of hydrogen-bond acceptors (Lipinski definition) is 5. The van der Waals surface area contributed by atoms with Gasteiger partial charge in [-0.1, -0.05) is 0 Å². The van der Waals surface area contributed by atoms with Crippen molar-refractivity contribution in [3.8, 4) is 11.5 Å². The van der Waals surface area contributed by atoms with Crippen LogP contribution < -0.4 is 14.8 Å². The van der Waals surface area contributed by atoms with Gasteiger partial charge in [-0.3, -0.25) is 9.59 Å². The minimum Gasteiger partial charge on any atom is -0.497 e. The van der Waals surface area contributed by atoms with Crippen molar-refractivity contribution in [2.45, 2.75) is 6.54 Å². The summed E-state index contributed by atoms with van der Waals surface area (Å²) >= 11 is 0. The van der Waals surface area contributed by atoms with Crippen LogP contribution in [0, 0.1) is 0 Å². The van der Waals surface area contributed by atoms with Crippen molar-refractivity contribution in [2.24, 2.45) is 0 Å². The predicted octanol–water partition coefficient (Wildman–Crippen LogP) is 1.80. The summed E-state index contributed by atoms with van der Waals surface area (Å²) in [6.45, 7) is 0.103. The molecule has 0 saturated heterocycles. The number of benzene rings is 1. The number of nitrogens with one attached hydrogen (secondary N) is 1. The highest BCUT2D eigenvalue weighted by atomic mass is 16.5. The van der Waals surface area contributed by atoms with Crippen molar-refractivity contribution in [1.29, 1.82) is 0 Å². The average Bonchev–Trinajstić information content (AvgIpc) is 3.04. The third kappa shape index (κ3) is 4.10. The van der Waals surface area contributed by atoms with E-state index in [1.54, 1.807) is 30.3 Å². The SMILES string of the molecule is COc1ccc(OCC(=O)NCc2ccco2)c(C=O)c1. The molecule has 6 nitrogen and oxygen atoms in total. The Bertz CT molecular complexity index is 607. The summed E-state index contributed by atoms with van der Waals surface area (Å²) in [6, 6.07) is 8.29. The lowest BCUT2D eigenvalue weighted by Crippen LogP contribution is -2.28. The highest BCUT2D eigenvalue weighted by Gasteiger charge is 2.08. The van der Waals surface area contributed by atoms with Crippen LogP contribution in [-0.2, 0) is 11.3 Å². The second-order valence-corrected chi connectivity index (χ2v) is 4.17. The second-order valence-electron chi connectivity index (χ2n) is 4.17. The van der Waals surface area contributed by atoms with Gasteiger partial charge in [0.25, 0.3) is 5.91 Å². The van der Waals surface area contributed by atoms with Gasteiger partial charge in [-0.05, 0) is 30.3 Å². The largest absolute Gasteiger partial charge is 0.497 e. The topological polar surface area (TPSA) is 77.8 Å². The summed E-state index contributed by atoms with van der Waals surface area (Å²) < 4.78 is 15.4. The maximum atomic E-state index is 11.6. The molecule has 0 aliphatic rings. The smallest absolute Gasteiger partial charge is 0.258 e. The van der Waals surface area contributed by atoms with Crippen molar-refractivity contribution >= 4 is 12.2 Å². The Kier molecular flexibility index (Phi) is 4.98. The Labute approximate surface area is 121 Å².